The maximum atomic E-state index is 13.6. The number of aliphatic hydroxyl groups excluding tert-OH is 1. The van der Waals surface area contributed by atoms with Gasteiger partial charge in [-0.3, -0.25) is 4.79 Å². The quantitative estimate of drug-likeness (QED) is 0.101. The molecule has 7 rings (SSSR count). The van der Waals surface area contributed by atoms with E-state index in [0.717, 1.165) is 44.5 Å². The summed E-state index contributed by atoms with van der Waals surface area (Å²) in [6.07, 6.45) is 1.11. The number of amides is 1. The number of nitrogens with zero attached hydrogens (tertiary/aromatic N) is 2. The first-order chi connectivity index (χ1) is 27.5. The van der Waals surface area contributed by atoms with Crippen LogP contribution in [0.25, 0.3) is 11.1 Å². The lowest BCUT2D eigenvalue weighted by atomic mass is 9.99. The molecule has 1 aliphatic heterocycles. The molecule has 13 heteroatoms. The molecule has 10 nitrogen and oxygen atoms in total. The van der Waals surface area contributed by atoms with Crippen molar-refractivity contribution in [2.75, 3.05) is 0 Å². The van der Waals surface area contributed by atoms with Crippen LogP contribution in [0.1, 0.15) is 52.2 Å². The monoisotopic (exact) mass is 824 g/mol. The largest absolute Gasteiger partial charge is 0.392 e. The number of rotatable bonds is 14. The first kappa shape index (κ1) is 40.4. The van der Waals surface area contributed by atoms with E-state index in [1.807, 2.05) is 110 Å². The van der Waals surface area contributed by atoms with Gasteiger partial charge >= 0.3 is 0 Å². The predicted octanol–water partition coefficient (Wildman–Crippen LogP) is 8.11. The van der Waals surface area contributed by atoms with E-state index in [4.69, 9.17) is 32.7 Å². The van der Waals surface area contributed by atoms with Crippen LogP contribution in [-0.2, 0) is 50.4 Å². The van der Waals surface area contributed by atoms with Crippen molar-refractivity contribution in [2.24, 2.45) is 0 Å². The van der Waals surface area contributed by atoms with Gasteiger partial charge in [-0.2, -0.15) is 4.72 Å². The minimum Gasteiger partial charge on any atom is -0.392 e. The molecular weight excluding hydrogens is 783 g/mol. The van der Waals surface area contributed by atoms with Crippen molar-refractivity contribution in [3.8, 4) is 11.1 Å². The van der Waals surface area contributed by atoms with Crippen LogP contribution >= 0.6 is 23.2 Å². The molecule has 57 heavy (non-hydrogen) atoms. The molecule has 1 amide bonds. The Balaban J connectivity index is 1.05. The molecule has 4 unspecified atom stereocenters. The number of imidazole rings is 1. The molecule has 1 fully saturated rings. The number of carbonyl (C=O) groups is 1. The summed E-state index contributed by atoms with van der Waals surface area (Å²) in [4.78, 5) is 17.8. The molecule has 3 N–H and O–H groups in total. The van der Waals surface area contributed by atoms with Gasteiger partial charge in [-0.25, -0.2) is 13.4 Å². The third-order valence-electron chi connectivity index (χ3n) is 9.89. The highest BCUT2D eigenvalue weighted by molar-refractivity contribution is 7.89. The van der Waals surface area contributed by atoms with Crippen molar-refractivity contribution in [1.82, 2.24) is 19.6 Å². The van der Waals surface area contributed by atoms with Gasteiger partial charge in [-0.05, 0) is 64.9 Å². The number of aliphatic hydroxyl groups is 1. The van der Waals surface area contributed by atoms with E-state index in [0.29, 0.717) is 18.1 Å². The Kier molecular flexibility index (Phi) is 12.9. The highest BCUT2D eigenvalue weighted by atomic mass is 35.5. The third-order valence-corrected chi connectivity index (χ3v) is 12.1. The van der Waals surface area contributed by atoms with Gasteiger partial charge in [0.1, 0.15) is 11.2 Å². The fourth-order valence-electron chi connectivity index (χ4n) is 6.74. The molecule has 0 saturated carbocycles. The van der Waals surface area contributed by atoms with Gasteiger partial charge in [-0.1, -0.05) is 138 Å². The van der Waals surface area contributed by atoms with Gasteiger partial charge < -0.3 is 24.5 Å². The van der Waals surface area contributed by atoms with Crippen LogP contribution < -0.4 is 10.0 Å². The van der Waals surface area contributed by atoms with Crippen LogP contribution in [0.3, 0.4) is 0 Å². The van der Waals surface area contributed by atoms with Crippen molar-refractivity contribution < 1.29 is 27.8 Å². The Labute approximate surface area is 342 Å². The Morgan fingerprint density at radius 1 is 0.842 bits per heavy atom. The molecule has 4 atom stereocenters. The molecule has 0 bridgehead atoms. The number of carbonyl (C=O) groups excluding carboxylic acids is 1. The second-order valence-corrected chi connectivity index (χ2v) is 16.5. The Morgan fingerprint density at radius 2 is 1.54 bits per heavy atom. The molecular formula is C44H42Cl2N4O6S. The van der Waals surface area contributed by atoms with Crippen molar-refractivity contribution in [2.45, 2.75) is 68.9 Å². The van der Waals surface area contributed by atoms with Crippen molar-refractivity contribution in [1.29, 1.82) is 0 Å². The molecule has 0 spiro atoms. The molecule has 2 heterocycles. The van der Waals surface area contributed by atoms with E-state index in [2.05, 4.69) is 15.0 Å². The van der Waals surface area contributed by atoms with E-state index < -0.39 is 28.3 Å². The number of hydrogen-bond donors (Lipinski definition) is 3. The second-order valence-electron chi connectivity index (χ2n) is 14.0. The smallest absolute Gasteiger partial charge is 0.241 e. The van der Waals surface area contributed by atoms with Crippen LogP contribution in [0.4, 0.5) is 0 Å². The van der Waals surface area contributed by atoms with Gasteiger partial charge in [0.2, 0.25) is 15.9 Å². The molecule has 5 aromatic carbocycles. The Hall–Kier alpha value is -4.85. The number of sulfonamides is 1. The molecule has 6 aromatic rings. The third kappa shape index (κ3) is 10.2. The zero-order chi connectivity index (χ0) is 39.9. The lowest BCUT2D eigenvalue weighted by molar-refractivity contribution is -0.252. The lowest BCUT2D eigenvalue weighted by Crippen LogP contribution is -2.47. The number of aryl methyl sites for hydroxylation is 1. The summed E-state index contributed by atoms with van der Waals surface area (Å²) in [5.41, 5.74) is 7.10. The Bertz CT molecular complexity index is 2390. The van der Waals surface area contributed by atoms with E-state index >= 15 is 0 Å². The standard InChI is InChI=1S/C44H42Cl2N4O6S/c1-29-10-20-38(21-11-29)57(53,54)49-39(23-30-6-3-2-4-7-30)43(52)47-25-32-8-5-9-36(22-32)33-16-18-35(19-17-33)44-55-37(26-50-28-48-41(45)42(50)46)24-40(56-44)34-14-12-31(27-51)13-15-34/h2-22,28,37,39-40,44,49,51H,23-27H2,1H3,(H,47,52). The normalized spacial score (nSPS) is 17.6. The Morgan fingerprint density at radius 3 is 2.23 bits per heavy atom. The SMILES string of the molecule is Cc1ccc(S(=O)(=O)NC(Cc2ccccc2)C(=O)NCc2cccc(-c3ccc(C4OC(Cn5cnc(Cl)c5Cl)CC(c5ccc(CO)cc5)O4)cc3)c2)cc1. The topological polar surface area (TPSA) is 132 Å². The van der Waals surface area contributed by atoms with Crippen molar-refractivity contribution in [3.05, 3.63) is 177 Å². The minimum atomic E-state index is -3.97. The summed E-state index contributed by atoms with van der Waals surface area (Å²) < 4.78 is 44.0. The summed E-state index contributed by atoms with van der Waals surface area (Å²) in [5.74, 6) is -0.434. The highest BCUT2D eigenvalue weighted by Crippen LogP contribution is 2.39. The number of ether oxygens (including phenoxy) is 2. The van der Waals surface area contributed by atoms with Crippen LogP contribution in [-0.4, -0.2) is 41.1 Å². The molecule has 1 aliphatic rings. The number of halogens is 2. The van der Waals surface area contributed by atoms with Gasteiger partial charge in [0.05, 0.1) is 36.6 Å². The average molecular weight is 826 g/mol. The van der Waals surface area contributed by atoms with Crippen LogP contribution in [0.5, 0.6) is 0 Å². The summed E-state index contributed by atoms with van der Waals surface area (Å²) in [6.45, 7) is 2.46. The maximum absolute atomic E-state index is 13.6. The lowest BCUT2D eigenvalue weighted by Gasteiger charge is -2.36. The minimum absolute atomic E-state index is 0.0436. The van der Waals surface area contributed by atoms with Crippen LogP contribution in [0.15, 0.2) is 139 Å². The van der Waals surface area contributed by atoms with E-state index in [9.17, 15) is 18.3 Å². The second kappa shape index (κ2) is 18.2. The molecule has 294 valence electrons. The zero-order valence-corrected chi connectivity index (χ0v) is 33.4. The summed E-state index contributed by atoms with van der Waals surface area (Å²) in [5, 5.41) is 13.1. The first-order valence-electron chi connectivity index (χ1n) is 18.5. The molecule has 0 aliphatic carbocycles. The van der Waals surface area contributed by atoms with Crippen molar-refractivity contribution in [3.63, 3.8) is 0 Å². The number of aromatic nitrogens is 2. The van der Waals surface area contributed by atoms with Gasteiger partial charge in [0, 0.05) is 18.5 Å². The van der Waals surface area contributed by atoms with Crippen LogP contribution in [0, 0.1) is 6.92 Å². The van der Waals surface area contributed by atoms with Gasteiger partial charge in [0.25, 0.3) is 0 Å². The average Bonchev–Trinajstić information content (AvgIpc) is 3.55. The number of hydrogen-bond acceptors (Lipinski definition) is 7. The fraction of sp³-hybridized carbons (Fsp3) is 0.227. The predicted molar refractivity (Wildman–Crippen MR) is 220 cm³/mol. The van der Waals surface area contributed by atoms with Crippen LogP contribution in [0.2, 0.25) is 10.3 Å². The van der Waals surface area contributed by atoms with Crippen molar-refractivity contribution >= 4 is 39.1 Å². The van der Waals surface area contributed by atoms with E-state index in [1.165, 1.54) is 12.1 Å². The molecule has 1 saturated heterocycles. The first-order valence-corrected chi connectivity index (χ1v) is 20.7. The van der Waals surface area contributed by atoms with Gasteiger partial charge in [-0.15, -0.1) is 0 Å². The molecule has 0 radical (unpaired) electrons. The summed E-state index contributed by atoms with van der Waals surface area (Å²) >= 11 is 12.5. The maximum Gasteiger partial charge on any atom is 0.241 e. The summed E-state index contributed by atoms with van der Waals surface area (Å²) in [7, 11) is -3.97. The highest BCUT2D eigenvalue weighted by Gasteiger charge is 2.33. The van der Waals surface area contributed by atoms with E-state index in [-0.39, 0.29) is 41.8 Å². The number of benzene rings is 5. The molecule has 1 aromatic heterocycles. The summed E-state index contributed by atoms with van der Waals surface area (Å²) in [6, 6.07) is 38.2. The van der Waals surface area contributed by atoms with Gasteiger partial charge in [0.15, 0.2) is 11.4 Å². The van der Waals surface area contributed by atoms with E-state index in [1.54, 1.807) is 23.0 Å². The fourth-order valence-corrected chi connectivity index (χ4v) is 8.25. The zero-order valence-electron chi connectivity index (χ0n) is 31.1. The number of nitrogens with one attached hydrogen (secondary N) is 2.